The van der Waals surface area contributed by atoms with Gasteiger partial charge in [-0.15, -0.1) is 0 Å². The van der Waals surface area contributed by atoms with Gasteiger partial charge in [-0.1, -0.05) is 6.42 Å². The van der Waals surface area contributed by atoms with Crippen molar-refractivity contribution in [2.75, 3.05) is 25.4 Å². The zero-order valence-corrected chi connectivity index (χ0v) is 12.1. The summed E-state index contributed by atoms with van der Waals surface area (Å²) in [5, 5.41) is 2.91. The van der Waals surface area contributed by atoms with Gasteiger partial charge in [-0.25, -0.2) is 4.98 Å². The van der Waals surface area contributed by atoms with E-state index in [0.29, 0.717) is 18.2 Å². The van der Waals surface area contributed by atoms with E-state index >= 15 is 0 Å². The first-order valence-electron chi connectivity index (χ1n) is 7.41. The first kappa shape index (κ1) is 14.8. The Balaban J connectivity index is 1.71. The lowest BCUT2D eigenvalue weighted by Gasteiger charge is -2.33. The number of likely N-dealkylation sites (tertiary alicyclic amines) is 1. The number of nitrogen functional groups attached to an aromatic ring is 1. The molecule has 2 rings (SSSR count). The number of aromatic nitrogens is 1. The van der Waals surface area contributed by atoms with Crippen molar-refractivity contribution >= 4 is 11.7 Å². The molecule has 0 aliphatic carbocycles. The Morgan fingerprint density at radius 2 is 2.40 bits per heavy atom. The molecule has 1 fully saturated rings. The van der Waals surface area contributed by atoms with E-state index < -0.39 is 0 Å². The van der Waals surface area contributed by atoms with Crippen molar-refractivity contribution in [2.45, 2.75) is 38.6 Å². The molecule has 1 unspecified atom stereocenters. The van der Waals surface area contributed by atoms with E-state index in [9.17, 15) is 4.79 Å². The van der Waals surface area contributed by atoms with E-state index in [-0.39, 0.29) is 11.7 Å². The molecule has 3 N–H and O–H groups in total. The molecule has 1 aromatic heterocycles. The Hall–Kier alpha value is -1.62. The number of amides is 1. The highest BCUT2D eigenvalue weighted by Crippen LogP contribution is 2.16. The summed E-state index contributed by atoms with van der Waals surface area (Å²) < 4.78 is 0. The van der Waals surface area contributed by atoms with Gasteiger partial charge in [0, 0.05) is 25.3 Å². The fraction of sp³-hybridized carbons (Fsp3) is 0.600. The van der Waals surface area contributed by atoms with Gasteiger partial charge < -0.3 is 16.0 Å². The number of rotatable bonds is 5. The van der Waals surface area contributed by atoms with Crippen LogP contribution in [0.2, 0.25) is 0 Å². The number of pyridine rings is 1. The minimum atomic E-state index is -0.137. The first-order valence-corrected chi connectivity index (χ1v) is 7.41. The molecular weight excluding hydrogens is 252 g/mol. The summed E-state index contributed by atoms with van der Waals surface area (Å²) in [5.74, 6) is 0.150. The Morgan fingerprint density at radius 1 is 1.55 bits per heavy atom. The molecule has 1 amide bonds. The van der Waals surface area contributed by atoms with Crippen LogP contribution in [0.4, 0.5) is 5.82 Å². The van der Waals surface area contributed by atoms with Gasteiger partial charge in [-0.3, -0.25) is 4.79 Å². The van der Waals surface area contributed by atoms with Crippen molar-refractivity contribution in [1.29, 1.82) is 0 Å². The van der Waals surface area contributed by atoms with E-state index in [2.05, 4.69) is 22.1 Å². The number of nitrogens with one attached hydrogen (secondary N) is 1. The molecule has 5 heteroatoms. The Bertz CT molecular complexity index is 449. The van der Waals surface area contributed by atoms with Crippen LogP contribution in [0.15, 0.2) is 18.3 Å². The predicted octanol–water partition coefficient (Wildman–Crippen LogP) is 1.66. The van der Waals surface area contributed by atoms with Crippen molar-refractivity contribution in [3.63, 3.8) is 0 Å². The van der Waals surface area contributed by atoms with Crippen molar-refractivity contribution in [3.8, 4) is 0 Å². The van der Waals surface area contributed by atoms with Gasteiger partial charge in [-0.05, 0) is 44.9 Å². The largest absolute Gasteiger partial charge is 0.383 e. The van der Waals surface area contributed by atoms with Crippen LogP contribution >= 0.6 is 0 Å². The third-order valence-corrected chi connectivity index (χ3v) is 3.93. The lowest BCUT2D eigenvalue weighted by atomic mass is 10.0. The van der Waals surface area contributed by atoms with E-state index in [4.69, 9.17) is 5.73 Å². The fourth-order valence-electron chi connectivity index (χ4n) is 2.68. The zero-order valence-electron chi connectivity index (χ0n) is 12.1. The number of anilines is 1. The van der Waals surface area contributed by atoms with Crippen LogP contribution in [-0.4, -0.2) is 41.5 Å². The van der Waals surface area contributed by atoms with Crippen LogP contribution in [0.5, 0.6) is 0 Å². The van der Waals surface area contributed by atoms with Gasteiger partial charge in [0.15, 0.2) is 0 Å². The summed E-state index contributed by atoms with van der Waals surface area (Å²) in [6, 6.07) is 4.10. The molecule has 1 aromatic rings. The highest BCUT2D eigenvalue weighted by molar-refractivity contribution is 5.98. The number of hydrogen-bond acceptors (Lipinski definition) is 4. The van der Waals surface area contributed by atoms with Gasteiger partial charge in [0.1, 0.15) is 5.82 Å². The van der Waals surface area contributed by atoms with Crippen LogP contribution in [0.3, 0.4) is 0 Å². The second kappa shape index (κ2) is 7.24. The minimum absolute atomic E-state index is 0.137. The SMILES string of the molecule is CC1CCCCN1CCCNC(=O)c1cccnc1N. The summed E-state index contributed by atoms with van der Waals surface area (Å²) in [7, 11) is 0. The van der Waals surface area contributed by atoms with E-state index in [0.717, 1.165) is 13.0 Å². The first-order chi connectivity index (χ1) is 9.68. The Morgan fingerprint density at radius 3 is 3.15 bits per heavy atom. The number of nitrogens with zero attached hydrogens (tertiary/aromatic N) is 2. The monoisotopic (exact) mass is 276 g/mol. The molecule has 1 aliphatic heterocycles. The smallest absolute Gasteiger partial charge is 0.255 e. The average molecular weight is 276 g/mol. The zero-order chi connectivity index (χ0) is 14.4. The van der Waals surface area contributed by atoms with Gasteiger partial charge in [0.05, 0.1) is 5.56 Å². The molecule has 5 nitrogen and oxygen atoms in total. The molecule has 0 saturated carbocycles. The van der Waals surface area contributed by atoms with Crippen molar-refractivity contribution < 1.29 is 4.79 Å². The normalized spacial score (nSPS) is 19.8. The molecule has 1 saturated heterocycles. The third kappa shape index (κ3) is 3.93. The topological polar surface area (TPSA) is 71.2 Å². The minimum Gasteiger partial charge on any atom is -0.383 e. The van der Waals surface area contributed by atoms with Crippen molar-refractivity contribution in [3.05, 3.63) is 23.9 Å². The van der Waals surface area contributed by atoms with Crippen LogP contribution < -0.4 is 11.1 Å². The Labute approximate surface area is 120 Å². The standard InChI is InChI=1S/C15H24N4O/c1-12-6-2-3-10-19(12)11-5-9-18-15(20)13-7-4-8-17-14(13)16/h4,7-8,12H,2-3,5-6,9-11H2,1H3,(H2,16,17)(H,18,20). The molecule has 1 atom stereocenters. The van der Waals surface area contributed by atoms with Crippen molar-refractivity contribution in [1.82, 2.24) is 15.2 Å². The average Bonchev–Trinajstić information content (AvgIpc) is 2.45. The molecule has 1 aliphatic rings. The second-order valence-electron chi connectivity index (χ2n) is 5.43. The summed E-state index contributed by atoms with van der Waals surface area (Å²) in [6.07, 6.45) is 6.48. The van der Waals surface area contributed by atoms with E-state index in [1.165, 1.54) is 25.8 Å². The Kier molecular flexibility index (Phi) is 5.35. The van der Waals surface area contributed by atoms with E-state index in [1.54, 1.807) is 18.3 Å². The van der Waals surface area contributed by atoms with Crippen LogP contribution in [-0.2, 0) is 0 Å². The molecule has 20 heavy (non-hydrogen) atoms. The maximum atomic E-state index is 11.9. The summed E-state index contributed by atoms with van der Waals surface area (Å²) in [5.41, 5.74) is 6.14. The summed E-state index contributed by atoms with van der Waals surface area (Å²) >= 11 is 0. The fourth-order valence-corrected chi connectivity index (χ4v) is 2.68. The third-order valence-electron chi connectivity index (χ3n) is 3.93. The number of nitrogens with two attached hydrogens (primary N) is 1. The molecule has 0 spiro atoms. The second-order valence-corrected chi connectivity index (χ2v) is 5.43. The van der Waals surface area contributed by atoms with E-state index in [1.807, 2.05) is 0 Å². The predicted molar refractivity (Wildman–Crippen MR) is 80.5 cm³/mol. The highest BCUT2D eigenvalue weighted by atomic mass is 16.1. The van der Waals surface area contributed by atoms with Gasteiger partial charge in [-0.2, -0.15) is 0 Å². The van der Waals surface area contributed by atoms with Gasteiger partial charge in [0.2, 0.25) is 0 Å². The maximum Gasteiger partial charge on any atom is 0.255 e. The summed E-state index contributed by atoms with van der Waals surface area (Å²) in [6.45, 7) is 5.19. The maximum absolute atomic E-state index is 11.9. The molecular formula is C15H24N4O. The number of carbonyl (C=O) groups excluding carboxylic acids is 1. The number of carbonyl (C=O) groups is 1. The number of hydrogen-bond donors (Lipinski definition) is 2. The highest BCUT2D eigenvalue weighted by Gasteiger charge is 2.17. The lowest BCUT2D eigenvalue weighted by Crippen LogP contribution is -2.39. The summed E-state index contributed by atoms with van der Waals surface area (Å²) in [4.78, 5) is 18.4. The molecule has 0 radical (unpaired) electrons. The van der Waals surface area contributed by atoms with Gasteiger partial charge in [0.25, 0.3) is 5.91 Å². The lowest BCUT2D eigenvalue weighted by molar-refractivity contribution is 0.0949. The molecule has 110 valence electrons. The van der Waals surface area contributed by atoms with Crippen LogP contribution in [0.25, 0.3) is 0 Å². The number of piperidine rings is 1. The van der Waals surface area contributed by atoms with Crippen LogP contribution in [0, 0.1) is 0 Å². The molecule has 2 heterocycles. The van der Waals surface area contributed by atoms with Crippen LogP contribution in [0.1, 0.15) is 43.0 Å². The van der Waals surface area contributed by atoms with Crippen molar-refractivity contribution in [2.24, 2.45) is 0 Å². The molecule has 0 bridgehead atoms. The van der Waals surface area contributed by atoms with Gasteiger partial charge >= 0.3 is 0 Å². The quantitative estimate of drug-likeness (QED) is 0.802. The molecule has 0 aromatic carbocycles.